The lowest BCUT2D eigenvalue weighted by Gasteiger charge is -2.51. The summed E-state index contributed by atoms with van der Waals surface area (Å²) in [4.78, 5) is 57.4. The molecule has 4 bridgehead atoms. The molecule has 3 atom stereocenters. The molecule has 1 aromatic heterocycles. The Morgan fingerprint density at radius 1 is 0.957 bits per heavy atom. The summed E-state index contributed by atoms with van der Waals surface area (Å²) >= 11 is 0. The number of hydrogen-bond donors (Lipinski definition) is 1. The molecule has 2 saturated heterocycles. The van der Waals surface area contributed by atoms with E-state index in [1.807, 2.05) is 41.0 Å². The summed E-state index contributed by atoms with van der Waals surface area (Å²) in [5.41, 5.74) is 2.45. The molecule has 1 N–H and O–H groups in total. The molecule has 0 unspecified atom stereocenters. The fourth-order valence-electron chi connectivity index (χ4n) is 7.85. The van der Waals surface area contributed by atoms with Crippen molar-refractivity contribution in [1.29, 1.82) is 0 Å². The van der Waals surface area contributed by atoms with E-state index in [4.69, 9.17) is 9.47 Å². The molecule has 3 aromatic rings. The number of methoxy groups -OCH3 is 2. The summed E-state index contributed by atoms with van der Waals surface area (Å²) in [7, 11) is 3.24. The van der Waals surface area contributed by atoms with Gasteiger partial charge < -0.3 is 24.6 Å². The number of rotatable bonds is 4. The van der Waals surface area contributed by atoms with Crippen molar-refractivity contribution in [2.75, 3.05) is 40.4 Å². The number of nitrogens with zero attached hydrogens (tertiary/aromatic N) is 4. The number of benzene rings is 2. The van der Waals surface area contributed by atoms with E-state index in [-0.39, 0.29) is 47.7 Å². The maximum atomic E-state index is 13.9. The molecular weight excluding hydrogens is 598 g/mol. The van der Waals surface area contributed by atoms with Crippen molar-refractivity contribution in [3.8, 4) is 11.5 Å². The van der Waals surface area contributed by atoms with Gasteiger partial charge in [0, 0.05) is 50.4 Å². The summed E-state index contributed by atoms with van der Waals surface area (Å²) in [6.45, 7) is 3.91. The van der Waals surface area contributed by atoms with Gasteiger partial charge in [0.2, 0.25) is 17.7 Å². The predicted molar refractivity (Wildman–Crippen MR) is 177 cm³/mol. The summed E-state index contributed by atoms with van der Waals surface area (Å²) in [5, 5.41) is 8.85. The smallest absolute Gasteiger partial charge is 0.275 e. The zero-order valence-electron chi connectivity index (χ0n) is 27.6. The minimum Gasteiger partial charge on any atom is -0.493 e. The summed E-state index contributed by atoms with van der Waals surface area (Å²) in [5.74, 6) is 1.53. The van der Waals surface area contributed by atoms with Crippen molar-refractivity contribution in [1.82, 2.24) is 24.9 Å². The lowest BCUT2D eigenvalue weighted by Crippen LogP contribution is -2.60. The van der Waals surface area contributed by atoms with Gasteiger partial charge in [-0.3, -0.25) is 19.2 Å². The van der Waals surface area contributed by atoms with E-state index >= 15 is 0 Å². The molecule has 4 heterocycles. The molecule has 11 heteroatoms. The molecular formula is C36H45N5O6. The number of fused-ring (bicyclic) bond motifs is 7. The van der Waals surface area contributed by atoms with Crippen LogP contribution in [0.2, 0.25) is 0 Å². The van der Waals surface area contributed by atoms with Gasteiger partial charge in [0.25, 0.3) is 5.56 Å². The monoisotopic (exact) mass is 643 g/mol. The molecule has 0 aliphatic carbocycles. The Labute approximate surface area is 275 Å². The molecule has 0 saturated carbocycles. The zero-order chi connectivity index (χ0) is 33.1. The van der Waals surface area contributed by atoms with Crippen LogP contribution in [0.5, 0.6) is 11.5 Å². The van der Waals surface area contributed by atoms with Crippen molar-refractivity contribution in [2.45, 2.75) is 70.9 Å². The van der Waals surface area contributed by atoms with Gasteiger partial charge in [0.15, 0.2) is 11.5 Å². The molecule has 3 amide bonds. The molecule has 6 rings (SSSR count). The van der Waals surface area contributed by atoms with Crippen molar-refractivity contribution >= 4 is 28.5 Å². The molecule has 3 aliphatic heterocycles. The Hall–Kier alpha value is -4.41. The van der Waals surface area contributed by atoms with Crippen LogP contribution in [0, 0.1) is 18.8 Å². The number of aryl methyl sites for hydroxylation is 3. The fraction of sp³-hybridized carbons (Fsp3) is 0.528. The Bertz CT molecular complexity index is 1720. The zero-order valence-corrected chi connectivity index (χ0v) is 27.6. The normalized spacial score (nSPS) is 22.4. The van der Waals surface area contributed by atoms with E-state index in [9.17, 15) is 19.2 Å². The van der Waals surface area contributed by atoms with E-state index in [2.05, 4.69) is 16.5 Å². The van der Waals surface area contributed by atoms with Gasteiger partial charge in [-0.05, 0) is 80.5 Å². The minimum absolute atomic E-state index is 0.00558. The van der Waals surface area contributed by atoms with Crippen LogP contribution in [0.4, 0.5) is 0 Å². The average Bonchev–Trinajstić information content (AvgIpc) is 3.07. The number of ether oxygens (including phenoxy) is 2. The molecule has 250 valence electrons. The van der Waals surface area contributed by atoms with Gasteiger partial charge >= 0.3 is 0 Å². The van der Waals surface area contributed by atoms with Crippen molar-refractivity contribution in [2.24, 2.45) is 11.8 Å². The first-order chi connectivity index (χ1) is 22.7. The van der Waals surface area contributed by atoms with Gasteiger partial charge in [-0.25, -0.2) is 4.68 Å². The van der Waals surface area contributed by atoms with E-state index in [1.165, 1.54) is 4.68 Å². The van der Waals surface area contributed by atoms with Gasteiger partial charge in [-0.2, -0.15) is 5.10 Å². The third-order valence-corrected chi connectivity index (χ3v) is 10.1. The molecule has 47 heavy (non-hydrogen) atoms. The van der Waals surface area contributed by atoms with Crippen LogP contribution >= 0.6 is 0 Å². The summed E-state index contributed by atoms with van der Waals surface area (Å²) < 4.78 is 12.6. The quantitative estimate of drug-likeness (QED) is 0.463. The second-order valence-corrected chi connectivity index (χ2v) is 13.2. The number of aromatic nitrogens is 2. The van der Waals surface area contributed by atoms with Crippen LogP contribution in [0.3, 0.4) is 0 Å². The topological polar surface area (TPSA) is 123 Å². The molecule has 11 nitrogen and oxygen atoms in total. The van der Waals surface area contributed by atoms with Crippen molar-refractivity contribution in [3.05, 3.63) is 63.6 Å². The van der Waals surface area contributed by atoms with Gasteiger partial charge in [-0.15, -0.1) is 0 Å². The molecule has 3 aliphatic rings. The van der Waals surface area contributed by atoms with Gasteiger partial charge in [0.1, 0.15) is 6.54 Å². The molecule has 0 radical (unpaired) electrons. The average molecular weight is 644 g/mol. The molecule has 2 fully saturated rings. The first-order valence-electron chi connectivity index (χ1n) is 16.8. The Morgan fingerprint density at radius 2 is 1.77 bits per heavy atom. The van der Waals surface area contributed by atoms with Crippen molar-refractivity contribution < 1.29 is 23.9 Å². The molecule has 0 spiro atoms. The predicted octanol–water partition coefficient (Wildman–Crippen LogP) is 3.26. The van der Waals surface area contributed by atoms with E-state index < -0.39 is 0 Å². The minimum atomic E-state index is -0.272. The van der Waals surface area contributed by atoms with Crippen LogP contribution in [0.25, 0.3) is 10.8 Å². The van der Waals surface area contributed by atoms with E-state index in [1.54, 1.807) is 20.3 Å². The Kier molecular flexibility index (Phi) is 9.79. The van der Waals surface area contributed by atoms with Crippen LogP contribution in [0.15, 0.2) is 41.2 Å². The van der Waals surface area contributed by atoms with Crippen LogP contribution in [-0.2, 0) is 33.8 Å². The van der Waals surface area contributed by atoms with E-state index in [0.29, 0.717) is 80.9 Å². The van der Waals surface area contributed by atoms with Gasteiger partial charge in [-0.1, -0.05) is 24.3 Å². The summed E-state index contributed by atoms with van der Waals surface area (Å²) in [6.07, 6.45) is 5.11. The highest BCUT2D eigenvalue weighted by Gasteiger charge is 2.43. The van der Waals surface area contributed by atoms with Gasteiger partial charge in [0.05, 0.1) is 25.3 Å². The van der Waals surface area contributed by atoms with Crippen LogP contribution < -0.4 is 20.3 Å². The second-order valence-electron chi connectivity index (χ2n) is 13.2. The highest BCUT2D eigenvalue weighted by atomic mass is 16.5. The largest absolute Gasteiger partial charge is 0.493 e. The van der Waals surface area contributed by atoms with Crippen LogP contribution in [0.1, 0.15) is 55.3 Å². The summed E-state index contributed by atoms with van der Waals surface area (Å²) in [6, 6.07) is 11.3. The Morgan fingerprint density at radius 3 is 2.55 bits per heavy atom. The molecule has 2 aromatic carbocycles. The number of nitrogens with one attached hydrogen (secondary N) is 1. The maximum Gasteiger partial charge on any atom is 0.275 e. The number of carbonyl (C=O) groups excluding carboxylic acids is 3. The highest BCUT2D eigenvalue weighted by molar-refractivity contribution is 5.84. The first-order valence-corrected chi connectivity index (χ1v) is 16.8. The third-order valence-electron chi connectivity index (χ3n) is 10.1. The standard InChI is InChI=1S/C36H45N5O6/c1-23-28-9-4-5-10-29(28)36(45)41(38-23)22-34(44)39-19-25-17-27(21-39)30-11-6-12-32(42)37-15-7-8-26-16-24(13-14-33(43)40(30)20-25)18-31(46-2)35(26)47-3/h4-5,9-10,16,18,25,27,30H,6-8,11-15,17,19-22H2,1-3H3,(H,37,42)/t25-,27+,30-/m0/s1. The lowest BCUT2D eigenvalue weighted by molar-refractivity contribution is -0.146. The third kappa shape index (κ3) is 6.99. The number of likely N-dealkylation sites (tertiary alicyclic amines) is 1. The van der Waals surface area contributed by atoms with Crippen LogP contribution in [-0.4, -0.2) is 83.7 Å². The number of amides is 3. The van der Waals surface area contributed by atoms with E-state index in [0.717, 1.165) is 35.8 Å². The maximum absolute atomic E-state index is 13.9. The van der Waals surface area contributed by atoms with Crippen molar-refractivity contribution in [3.63, 3.8) is 0 Å². The lowest BCUT2D eigenvalue weighted by atomic mass is 9.77. The number of carbonyl (C=O) groups is 3. The fourth-order valence-corrected chi connectivity index (χ4v) is 7.85. The second kappa shape index (κ2) is 14.1. The highest BCUT2D eigenvalue weighted by Crippen LogP contribution is 2.37. The first kappa shape index (κ1) is 32.5. The Balaban J connectivity index is 1.21. The number of piperidine rings is 2. The SMILES string of the molecule is COc1cc2cc(c1OC)CCCNC(=O)CCC[C@H]1[C@@H]3C[C@@H](CN(C(=O)Cn4nc(C)c5ccccc5c4=O)C3)CN1C(=O)CC2. The number of hydrogen-bond acceptors (Lipinski definition) is 7.